The van der Waals surface area contributed by atoms with Gasteiger partial charge in [-0.25, -0.2) is 0 Å². The summed E-state index contributed by atoms with van der Waals surface area (Å²) < 4.78 is 5.36. The van der Waals surface area contributed by atoms with Crippen LogP contribution in [-0.2, 0) is 0 Å². The van der Waals surface area contributed by atoms with Gasteiger partial charge in [0.15, 0.2) is 0 Å². The highest BCUT2D eigenvalue weighted by Crippen LogP contribution is 2.26. The zero-order chi connectivity index (χ0) is 12.4. The monoisotopic (exact) mass is 254 g/mol. The first-order valence-corrected chi connectivity index (χ1v) is 6.10. The van der Waals surface area contributed by atoms with E-state index in [9.17, 15) is 0 Å². The van der Waals surface area contributed by atoms with Gasteiger partial charge in [0.25, 0.3) is 0 Å². The summed E-state index contributed by atoms with van der Waals surface area (Å²) in [4.78, 5) is 0. The second kappa shape index (κ2) is 4.71. The van der Waals surface area contributed by atoms with Crippen LogP contribution in [0, 0.1) is 0 Å². The Balaban J connectivity index is 1.96. The summed E-state index contributed by atoms with van der Waals surface area (Å²) in [6.45, 7) is 0. The number of benzene rings is 2. The highest BCUT2D eigenvalue weighted by atomic mass is 35.5. The maximum absolute atomic E-state index is 5.99. The van der Waals surface area contributed by atoms with E-state index in [2.05, 4.69) is 24.3 Å². The van der Waals surface area contributed by atoms with Gasteiger partial charge < -0.3 is 4.42 Å². The lowest BCUT2D eigenvalue weighted by atomic mass is 10.0. The molecular weight excluding hydrogens is 244 g/mol. The zero-order valence-electron chi connectivity index (χ0n) is 9.64. The van der Waals surface area contributed by atoms with Crippen LogP contribution < -0.4 is 0 Å². The average molecular weight is 255 g/mol. The Morgan fingerprint density at radius 3 is 2.17 bits per heavy atom. The van der Waals surface area contributed by atoms with Crippen LogP contribution >= 0.6 is 11.6 Å². The Kier molecular flexibility index (Phi) is 2.91. The second-order valence-corrected chi connectivity index (χ2v) is 4.50. The van der Waals surface area contributed by atoms with Crippen molar-refractivity contribution >= 4 is 11.6 Å². The summed E-state index contributed by atoms with van der Waals surface area (Å²) in [5.41, 5.74) is 3.34. The molecule has 0 aliphatic rings. The van der Waals surface area contributed by atoms with Gasteiger partial charge in [0.1, 0.15) is 5.76 Å². The lowest BCUT2D eigenvalue weighted by molar-refractivity contribution is 0.582. The summed E-state index contributed by atoms with van der Waals surface area (Å²) in [6.07, 6.45) is 1.68. The van der Waals surface area contributed by atoms with E-state index in [0.29, 0.717) is 0 Å². The van der Waals surface area contributed by atoms with Crippen molar-refractivity contribution in [2.24, 2.45) is 0 Å². The Hall–Kier alpha value is -1.99. The molecule has 0 saturated carbocycles. The Labute approximate surface area is 111 Å². The molecule has 0 spiro atoms. The summed E-state index contributed by atoms with van der Waals surface area (Å²) in [6, 6.07) is 19.9. The number of rotatable bonds is 2. The molecule has 3 aromatic rings. The number of hydrogen-bond donors (Lipinski definition) is 0. The molecule has 0 N–H and O–H groups in total. The van der Waals surface area contributed by atoms with Crippen molar-refractivity contribution in [2.75, 3.05) is 0 Å². The number of halogens is 1. The Morgan fingerprint density at radius 2 is 1.50 bits per heavy atom. The first-order valence-electron chi connectivity index (χ1n) is 5.73. The van der Waals surface area contributed by atoms with Gasteiger partial charge in [0.05, 0.1) is 6.26 Å². The molecule has 0 unspecified atom stereocenters. The van der Waals surface area contributed by atoms with E-state index in [4.69, 9.17) is 16.0 Å². The maximum Gasteiger partial charge on any atom is 0.133 e. The van der Waals surface area contributed by atoms with Gasteiger partial charge in [-0.3, -0.25) is 0 Å². The van der Waals surface area contributed by atoms with Gasteiger partial charge in [0, 0.05) is 10.6 Å². The summed E-state index contributed by atoms with van der Waals surface area (Å²) in [5, 5.41) is 0.752. The lowest BCUT2D eigenvalue weighted by Gasteiger charge is -2.03. The van der Waals surface area contributed by atoms with Crippen LogP contribution in [-0.4, -0.2) is 0 Å². The minimum Gasteiger partial charge on any atom is -0.464 e. The standard InChI is InChI=1S/C16H11ClO/c17-15-4-1-3-14(11-15)12-6-8-13(9-7-12)16-5-2-10-18-16/h1-11H. The molecule has 1 nitrogen and oxygen atoms in total. The highest BCUT2D eigenvalue weighted by Gasteiger charge is 2.02. The van der Waals surface area contributed by atoms with Crippen molar-refractivity contribution in [2.45, 2.75) is 0 Å². The molecule has 1 aromatic heterocycles. The minimum absolute atomic E-state index is 0.752. The lowest BCUT2D eigenvalue weighted by Crippen LogP contribution is -1.79. The van der Waals surface area contributed by atoms with Crippen molar-refractivity contribution in [3.05, 3.63) is 71.9 Å². The van der Waals surface area contributed by atoms with Gasteiger partial charge in [-0.15, -0.1) is 0 Å². The van der Waals surface area contributed by atoms with Crippen molar-refractivity contribution in [3.8, 4) is 22.5 Å². The third-order valence-electron chi connectivity index (χ3n) is 2.85. The van der Waals surface area contributed by atoms with E-state index in [1.807, 2.05) is 36.4 Å². The molecule has 2 aromatic carbocycles. The van der Waals surface area contributed by atoms with Gasteiger partial charge in [-0.05, 0) is 35.4 Å². The highest BCUT2D eigenvalue weighted by molar-refractivity contribution is 6.30. The van der Waals surface area contributed by atoms with Crippen LogP contribution in [0.4, 0.5) is 0 Å². The van der Waals surface area contributed by atoms with E-state index in [0.717, 1.165) is 27.5 Å². The van der Waals surface area contributed by atoms with Crippen LogP contribution in [0.5, 0.6) is 0 Å². The minimum atomic E-state index is 0.752. The molecular formula is C16H11ClO. The van der Waals surface area contributed by atoms with Gasteiger partial charge >= 0.3 is 0 Å². The fraction of sp³-hybridized carbons (Fsp3) is 0. The SMILES string of the molecule is Clc1cccc(-c2ccc(-c3ccco3)cc2)c1. The molecule has 2 heteroatoms. The third-order valence-corrected chi connectivity index (χ3v) is 3.08. The molecule has 0 amide bonds. The normalized spacial score (nSPS) is 10.5. The maximum atomic E-state index is 5.99. The average Bonchev–Trinajstić information content (AvgIpc) is 2.93. The fourth-order valence-electron chi connectivity index (χ4n) is 1.94. The number of furan rings is 1. The summed E-state index contributed by atoms with van der Waals surface area (Å²) >= 11 is 5.99. The van der Waals surface area contributed by atoms with E-state index in [1.54, 1.807) is 6.26 Å². The largest absolute Gasteiger partial charge is 0.464 e. The number of hydrogen-bond acceptors (Lipinski definition) is 1. The Bertz CT molecular complexity index is 639. The Morgan fingerprint density at radius 1 is 0.722 bits per heavy atom. The third kappa shape index (κ3) is 2.18. The van der Waals surface area contributed by atoms with Crippen molar-refractivity contribution in [3.63, 3.8) is 0 Å². The quantitative estimate of drug-likeness (QED) is 0.607. The van der Waals surface area contributed by atoms with Crippen LogP contribution in [0.3, 0.4) is 0 Å². The molecule has 0 saturated heterocycles. The van der Waals surface area contributed by atoms with Gasteiger partial charge in [-0.2, -0.15) is 0 Å². The van der Waals surface area contributed by atoms with Crippen molar-refractivity contribution in [1.82, 2.24) is 0 Å². The molecule has 0 radical (unpaired) electrons. The molecule has 3 rings (SSSR count). The predicted octanol–water partition coefficient (Wildman–Crippen LogP) is 5.27. The molecule has 0 aliphatic heterocycles. The van der Waals surface area contributed by atoms with E-state index < -0.39 is 0 Å². The summed E-state index contributed by atoms with van der Waals surface area (Å²) in [7, 11) is 0. The zero-order valence-corrected chi connectivity index (χ0v) is 10.4. The van der Waals surface area contributed by atoms with E-state index in [-0.39, 0.29) is 0 Å². The first-order chi connectivity index (χ1) is 8.83. The van der Waals surface area contributed by atoms with E-state index >= 15 is 0 Å². The van der Waals surface area contributed by atoms with E-state index in [1.165, 1.54) is 0 Å². The van der Waals surface area contributed by atoms with Crippen LogP contribution in [0.2, 0.25) is 5.02 Å². The van der Waals surface area contributed by atoms with Crippen LogP contribution in [0.15, 0.2) is 71.3 Å². The molecule has 1 heterocycles. The molecule has 0 aliphatic carbocycles. The van der Waals surface area contributed by atoms with Crippen LogP contribution in [0.1, 0.15) is 0 Å². The topological polar surface area (TPSA) is 13.1 Å². The summed E-state index contributed by atoms with van der Waals surface area (Å²) in [5.74, 6) is 0.882. The van der Waals surface area contributed by atoms with Gasteiger partial charge in [0.2, 0.25) is 0 Å². The molecule has 88 valence electrons. The first kappa shape index (κ1) is 11.1. The molecule has 0 bridgehead atoms. The molecule has 18 heavy (non-hydrogen) atoms. The van der Waals surface area contributed by atoms with Crippen molar-refractivity contribution < 1.29 is 4.42 Å². The molecule has 0 atom stereocenters. The second-order valence-electron chi connectivity index (χ2n) is 4.06. The van der Waals surface area contributed by atoms with Gasteiger partial charge in [-0.1, -0.05) is 48.0 Å². The predicted molar refractivity (Wildman–Crippen MR) is 74.6 cm³/mol. The van der Waals surface area contributed by atoms with Crippen molar-refractivity contribution in [1.29, 1.82) is 0 Å². The van der Waals surface area contributed by atoms with Crippen LogP contribution in [0.25, 0.3) is 22.5 Å². The smallest absolute Gasteiger partial charge is 0.133 e. The fourth-order valence-corrected chi connectivity index (χ4v) is 2.13. The molecule has 0 fully saturated rings.